The third-order valence-corrected chi connectivity index (χ3v) is 4.35. The monoisotopic (exact) mass is 264 g/mol. The first-order valence-corrected chi connectivity index (χ1v) is 7.61. The molecule has 0 bridgehead atoms. The first-order chi connectivity index (χ1) is 8.65. The van der Waals surface area contributed by atoms with Gasteiger partial charge in [-0.25, -0.2) is 0 Å². The van der Waals surface area contributed by atoms with E-state index >= 15 is 0 Å². The van der Waals surface area contributed by atoms with Gasteiger partial charge in [0.15, 0.2) is 0 Å². The normalized spacial score (nSPS) is 18.3. The van der Waals surface area contributed by atoms with Crippen LogP contribution in [0.25, 0.3) is 0 Å². The van der Waals surface area contributed by atoms with Crippen molar-refractivity contribution in [3.8, 4) is 0 Å². The zero-order valence-corrected chi connectivity index (χ0v) is 11.6. The van der Waals surface area contributed by atoms with E-state index in [4.69, 9.17) is 5.73 Å². The van der Waals surface area contributed by atoms with Crippen LogP contribution in [-0.2, 0) is 4.79 Å². The first kappa shape index (κ1) is 13.4. The van der Waals surface area contributed by atoms with Gasteiger partial charge < -0.3 is 11.1 Å². The van der Waals surface area contributed by atoms with Crippen molar-refractivity contribution in [2.24, 2.45) is 5.73 Å². The molecule has 0 atom stereocenters. The van der Waals surface area contributed by atoms with Crippen molar-refractivity contribution in [1.29, 1.82) is 0 Å². The van der Waals surface area contributed by atoms with Gasteiger partial charge in [-0.3, -0.25) is 4.79 Å². The molecule has 0 unspecified atom stereocenters. The smallest absolute Gasteiger partial charge is 0.244 e. The number of benzene rings is 1. The number of hydrogen-bond acceptors (Lipinski definition) is 3. The van der Waals surface area contributed by atoms with Gasteiger partial charge in [0, 0.05) is 4.90 Å². The molecule has 0 spiro atoms. The standard InChI is InChI=1S/C14H20N2OS/c1-18-12-8-4-3-7-11(12)16-13(17)14(15)9-5-2-6-10-14/h3-4,7-8H,2,5-6,9-10,15H2,1H3,(H,16,17). The molecule has 3 N–H and O–H groups in total. The summed E-state index contributed by atoms with van der Waals surface area (Å²) in [5, 5.41) is 2.99. The number of carbonyl (C=O) groups is 1. The first-order valence-electron chi connectivity index (χ1n) is 6.39. The Balaban J connectivity index is 2.10. The Bertz CT molecular complexity index is 428. The maximum Gasteiger partial charge on any atom is 0.244 e. The molecule has 0 heterocycles. The van der Waals surface area contributed by atoms with E-state index in [2.05, 4.69) is 5.32 Å². The molecule has 4 heteroatoms. The second-order valence-electron chi connectivity index (χ2n) is 4.87. The molecule has 1 saturated carbocycles. The molecule has 98 valence electrons. The van der Waals surface area contributed by atoms with Gasteiger partial charge in [0.2, 0.25) is 5.91 Å². The number of nitrogens with two attached hydrogens (primary N) is 1. The Labute approximate surface area is 113 Å². The summed E-state index contributed by atoms with van der Waals surface area (Å²) in [5.41, 5.74) is 6.41. The van der Waals surface area contributed by atoms with Crippen molar-refractivity contribution < 1.29 is 4.79 Å². The fourth-order valence-corrected chi connectivity index (χ4v) is 2.96. The van der Waals surface area contributed by atoms with Gasteiger partial charge in [0.05, 0.1) is 11.2 Å². The second kappa shape index (κ2) is 5.76. The lowest BCUT2D eigenvalue weighted by atomic mass is 9.82. The molecule has 0 saturated heterocycles. The quantitative estimate of drug-likeness (QED) is 0.825. The Kier molecular flexibility index (Phi) is 4.30. The molecule has 0 aromatic heterocycles. The van der Waals surface area contributed by atoms with Crippen LogP contribution in [0.15, 0.2) is 29.2 Å². The van der Waals surface area contributed by atoms with Crippen molar-refractivity contribution >= 4 is 23.4 Å². The number of carbonyl (C=O) groups excluding carboxylic acids is 1. The highest BCUT2D eigenvalue weighted by atomic mass is 32.2. The summed E-state index contributed by atoms with van der Waals surface area (Å²) in [6.45, 7) is 0. The Morgan fingerprint density at radius 1 is 1.28 bits per heavy atom. The molecule has 1 aliphatic rings. The molecule has 2 rings (SSSR count). The van der Waals surface area contributed by atoms with Crippen LogP contribution in [0, 0.1) is 0 Å². The predicted molar refractivity (Wildman–Crippen MR) is 76.9 cm³/mol. The second-order valence-corrected chi connectivity index (χ2v) is 5.72. The van der Waals surface area contributed by atoms with Gasteiger partial charge in [0.25, 0.3) is 0 Å². The van der Waals surface area contributed by atoms with E-state index in [0.717, 1.165) is 36.3 Å². The van der Waals surface area contributed by atoms with E-state index in [9.17, 15) is 4.79 Å². The molecule has 1 aromatic carbocycles. The van der Waals surface area contributed by atoms with Crippen LogP contribution >= 0.6 is 11.8 Å². The third kappa shape index (κ3) is 2.87. The van der Waals surface area contributed by atoms with Crippen molar-refractivity contribution in [2.45, 2.75) is 42.5 Å². The zero-order chi connectivity index (χ0) is 13.0. The van der Waals surface area contributed by atoms with E-state index in [-0.39, 0.29) is 5.91 Å². The average Bonchev–Trinajstić information content (AvgIpc) is 2.40. The maximum atomic E-state index is 12.3. The number of para-hydroxylation sites is 1. The van der Waals surface area contributed by atoms with Gasteiger partial charge in [-0.1, -0.05) is 31.4 Å². The van der Waals surface area contributed by atoms with E-state index < -0.39 is 5.54 Å². The number of nitrogens with one attached hydrogen (secondary N) is 1. The SMILES string of the molecule is CSc1ccccc1NC(=O)C1(N)CCCCC1. The largest absolute Gasteiger partial charge is 0.323 e. The molecular weight excluding hydrogens is 244 g/mol. The van der Waals surface area contributed by atoms with Gasteiger partial charge in [-0.15, -0.1) is 11.8 Å². The van der Waals surface area contributed by atoms with E-state index in [0.29, 0.717) is 0 Å². The fraction of sp³-hybridized carbons (Fsp3) is 0.500. The van der Waals surface area contributed by atoms with Crippen LogP contribution in [0.1, 0.15) is 32.1 Å². The van der Waals surface area contributed by atoms with Gasteiger partial charge in [-0.05, 0) is 31.2 Å². The van der Waals surface area contributed by atoms with Crippen molar-refractivity contribution in [2.75, 3.05) is 11.6 Å². The summed E-state index contributed by atoms with van der Waals surface area (Å²) in [6, 6.07) is 7.83. The van der Waals surface area contributed by atoms with Gasteiger partial charge in [0.1, 0.15) is 0 Å². The molecule has 1 aliphatic carbocycles. The van der Waals surface area contributed by atoms with E-state index in [1.54, 1.807) is 11.8 Å². The summed E-state index contributed by atoms with van der Waals surface area (Å²) >= 11 is 1.63. The number of hydrogen-bond donors (Lipinski definition) is 2. The Morgan fingerprint density at radius 3 is 2.61 bits per heavy atom. The van der Waals surface area contributed by atoms with Gasteiger partial charge in [-0.2, -0.15) is 0 Å². The van der Waals surface area contributed by atoms with E-state index in [1.807, 2.05) is 30.5 Å². The summed E-state index contributed by atoms with van der Waals surface area (Å²) in [5.74, 6) is -0.0382. The lowest BCUT2D eigenvalue weighted by Crippen LogP contribution is -2.52. The van der Waals surface area contributed by atoms with Crippen LogP contribution in [0.4, 0.5) is 5.69 Å². The molecule has 0 aliphatic heterocycles. The summed E-state index contributed by atoms with van der Waals surface area (Å²) in [4.78, 5) is 13.4. The molecule has 1 amide bonds. The maximum absolute atomic E-state index is 12.3. The van der Waals surface area contributed by atoms with Crippen molar-refractivity contribution in [3.63, 3.8) is 0 Å². The van der Waals surface area contributed by atoms with E-state index in [1.165, 1.54) is 6.42 Å². The molecule has 1 aromatic rings. The minimum atomic E-state index is -0.677. The lowest BCUT2D eigenvalue weighted by Gasteiger charge is -2.32. The number of rotatable bonds is 3. The molecule has 18 heavy (non-hydrogen) atoms. The summed E-state index contributed by atoms with van der Waals surface area (Å²) < 4.78 is 0. The fourth-order valence-electron chi connectivity index (χ4n) is 2.40. The van der Waals surface area contributed by atoms with Crippen molar-refractivity contribution in [3.05, 3.63) is 24.3 Å². The minimum absolute atomic E-state index is 0.0382. The predicted octanol–water partition coefficient (Wildman–Crippen LogP) is 3.01. The third-order valence-electron chi connectivity index (χ3n) is 3.55. The average molecular weight is 264 g/mol. The van der Waals surface area contributed by atoms with Crippen LogP contribution in [-0.4, -0.2) is 17.7 Å². The van der Waals surface area contributed by atoms with Crippen LogP contribution < -0.4 is 11.1 Å². The lowest BCUT2D eigenvalue weighted by molar-refractivity contribution is -0.122. The Morgan fingerprint density at radius 2 is 1.94 bits per heavy atom. The van der Waals surface area contributed by atoms with Crippen LogP contribution in [0.3, 0.4) is 0 Å². The highest BCUT2D eigenvalue weighted by Gasteiger charge is 2.35. The minimum Gasteiger partial charge on any atom is -0.323 e. The highest BCUT2D eigenvalue weighted by Crippen LogP contribution is 2.29. The number of amides is 1. The number of anilines is 1. The van der Waals surface area contributed by atoms with Crippen LogP contribution in [0.5, 0.6) is 0 Å². The molecule has 0 radical (unpaired) electrons. The molecule has 3 nitrogen and oxygen atoms in total. The van der Waals surface area contributed by atoms with Crippen molar-refractivity contribution in [1.82, 2.24) is 0 Å². The molecule has 1 fully saturated rings. The number of thioether (sulfide) groups is 1. The van der Waals surface area contributed by atoms with Gasteiger partial charge >= 0.3 is 0 Å². The summed E-state index contributed by atoms with van der Waals surface area (Å²) in [6.07, 6.45) is 6.88. The van der Waals surface area contributed by atoms with Crippen LogP contribution in [0.2, 0.25) is 0 Å². The highest BCUT2D eigenvalue weighted by molar-refractivity contribution is 7.98. The molecular formula is C14H20N2OS. The zero-order valence-electron chi connectivity index (χ0n) is 10.7. The topological polar surface area (TPSA) is 55.1 Å². The summed E-state index contributed by atoms with van der Waals surface area (Å²) in [7, 11) is 0. The Hall–Kier alpha value is -1.00.